The molecule has 0 bridgehead atoms. The van der Waals surface area contributed by atoms with Crippen molar-refractivity contribution >= 4 is 0 Å². The number of hydrogen-bond acceptors (Lipinski definition) is 4. The van der Waals surface area contributed by atoms with Crippen LogP contribution >= 0.6 is 0 Å². The third-order valence-electron chi connectivity index (χ3n) is 6.05. The van der Waals surface area contributed by atoms with Gasteiger partial charge in [0, 0.05) is 44.5 Å². The number of benzene rings is 1. The first kappa shape index (κ1) is 20.2. The van der Waals surface area contributed by atoms with Gasteiger partial charge in [0.05, 0.1) is 5.69 Å². The number of alkyl halides is 3. The van der Waals surface area contributed by atoms with Gasteiger partial charge in [-0.25, -0.2) is 0 Å². The average Bonchev–Trinajstić information content (AvgIpc) is 2.98. The van der Waals surface area contributed by atoms with Crippen LogP contribution in [0.2, 0.25) is 0 Å². The molecule has 2 fully saturated rings. The van der Waals surface area contributed by atoms with E-state index in [-0.39, 0.29) is 5.75 Å². The molecule has 0 amide bonds. The predicted octanol–water partition coefficient (Wildman–Crippen LogP) is 3.58. The highest BCUT2D eigenvalue weighted by atomic mass is 19.4. The summed E-state index contributed by atoms with van der Waals surface area (Å²) >= 11 is 0. The van der Waals surface area contributed by atoms with Crippen molar-refractivity contribution in [2.75, 3.05) is 19.6 Å². The number of rotatable bonds is 8. The third-order valence-corrected chi connectivity index (χ3v) is 6.05. The minimum atomic E-state index is -4.66. The van der Waals surface area contributed by atoms with Gasteiger partial charge in [-0.2, -0.15) is 5.10 Å². The second-order valence-electron chi connectivity index (χ2n) is 8.11. The molecule has 0 spiro atoms. The van der Waals surface area contributed by atoms with E-state index in [0.717, 1.165) is 55.8 Å². The number of hydrogen-bond donors (Lipinski definition) is 1. The molecule has 2 aromatic rings. The van der Waals surface area contributed by atoms with Crippen molar-refractivity contribution in [3.8, 4) is 5.75 Å². The Morgan fingerprint density at radius 1 is 1.24 bits per heavy atom. The maximum Gasteiger partial charge on any atom is 0.573 e. The van der Waals surface area contributed by atoms with Crippen molar-refractivity contribution in [3.05, 3.63) is 47.3 Å². The lowest BCUT2D eigenvalue weighted by molar-refractivity contribution is -0.274. The maximum atomic E-state index is 12.3. The lowest BCUT2D eigenvalue weighted by atomic mass is 10.2. The summed E-state index contributed by atoms with van der Waals surface area (Å²) in [6.07, 6.45) is -2.51. The zero-order valence-electron chi connectivity index (χ0n) is 16.7. The van der Waals surface area contributed by atoms with Gasteiger partial charge in [0.15, 0.2) is 0 Å². The van der Waals surface area contributed by atoms with E-state index in [0.29, 0.717) is 12.5 Å². The lowest BCUT2D eigenvalue weighted by Crippen LogP contribution is -2.27. The van der Waals surface area contributed by atoms with Crippen LogP contribution in [0, 0.1) is 24.7 Å². The van der Waals surface area contributed by atoms with Gasteiger partial charge in [-0.3, -0.25) is 9.58 Å². The monoisotopic (exact) mass is 408 g/mol. The van der Waals surface area contributed by atoms with E-state index in [4.69, 9.17) is 0 Å². The summed E-state index contributed by atoms with van der Waals surface area (Å²) in [4.78, 5) is 2.51. The number of fused-ring (bicyclic) bond motifs is 1. The van der Waals surface area contributed by atoms with E-state index in [1.165, 1.54) is 17.7 Å². The topological polar surface area (TPSA) is 42.3 Å². The third kappa shape index (κ3) is 4.93. The van der Waals surface area contributed by atoms with Crippen molar-refractivity contribution < 1.29 is 17.9 Å². The Balaban J connectivity index is 1.19. The Bertz CT molecular complexity index is 839. The molecule has 2 unspecified atom stereocenters. The highest BCUT2D eigenvalue weighted by Crippen LogP contribution is 2.51. The van der Waals surface area contributed by atoms with Crippen molar-refractivity contribution in [1.29, 1.82) is 0 Å². The van der Waals surface area contributed by atoms with Crippen LogP contribution in [0.4, 0.5) is 13.2 Å². The standard InChI is InChI=1S/C21H27F3N4O/c1-3-28-11-16(14(2)26-28)10-27-12-19-18(20(19)13-27)9-25-8-15-5-4-6-17(7-15)29-21(22,23)24/h4-7,11,18-20,25H,3,8-10,12-13H2,1-2H3. The molecule has 2 atom stereocenters. The van der Waals surface area contributed by atoms with Gasteiger partial charge in [-0.05, 0) is 55.8 Å². The molecule has 1 aliphatic heterocycles. The summed E-state index contributed by atoms with van der Waals surface area (Å²) in [6, 6.07) is 6.16. The molecule has 1 aromatic heterocycles. The van der Waals surface area contributed by atoms with Crippen molar-refractivity contribution in [2.24, 2.45) is 17.8 Å². The minimum Gasteiger partial charge on any atom is -0.406 e. The highest BCUT2D eigenvalue weighted by Gasteiger charge is 2.54. The highest BCUT2D eigenvalue weighted by molar-refractivity contribution is 5.28. The van der Waals surface area contributed by atoms with Crippen LogP contribution in [0.5, 0.6) is 5.75 Å². The molecule has 29 heavy (non-hydrogen) atoms. The van der Waals surface area contributed by atoms with Gasteiger partial charge in [-0.15, -0.1) is 13.2 Å². The van der Waals surface area contributed by atoms with Crippen LogP contribution in [0.1, 0.15) is 23.7 Å². The van der Waals surface area contributed by atoms with E-state index < -0.39 is 6.36 Å². The first-order valence-electron chi connectivity index (χ1n) is 10.1. The number of nitrogens with one attached hydrogen (secondary N) is 1. The van der Waals surface area contributed by atoms with Gasteiger partial charge in [0.25, 0.3) is 0 Å². The molecule has 1 aliphatic carbocycles. The average molecular weight is 408 g/mol. The Kier molecular flexibility index (Phi) is 5.57. The normalized spacial score (nSPS) is 24.0. The first-order chi connectivity index (χ1) is 13.8. The number of aryl methyl sites for hydroxylation is 2. The van der Waals surface area contributed by atoms with Crippen molar-refractivity contribution in [2.45, 2.75) is 39.8 Å². The Morgan fingerprint density at radius 2 is 2.00 bits per heavy atom. The molecule has 2 aliphatic rings. The molecule has 5 nitrogen and oxygen atoms in total. The number of likely N-dealkylation sites (tertiary alicyclic amines) is 1. The van der Waals surface area contributed by atoms with Crippen LogP contribution in [-0.4, -0.2) is 40.7 Å². The van der Waals surface area contributed by atoms with Crippen molar-refractivity contribution in [1.82, 2.24) is 20.0 Å². The summed E-state index contributed by atoms with van der Waals surface area (Å²) in [6.45, 7) is 9.70. The zero-order valence-corrected chi connectivity index (χ0v) is 16.7. The quantitative estimate of drug-likeness (QED) is 0.725. The van der Waals surface area contributed by atoms with E-state index in [2.05, 4.69) is 40.1 Å². The predicted molar refractivity (Wildman–Crippen MR) is 103 cm³/mol. The molecule has 1 saturated heterocycles. The second kappa shape index (κ2) is 7.99. The van der Waals surface area contributed by atoms with Crippen LogP contribution in [-0.2, 0) is 19.6 Å². The summed E-state index contributed by atoms with van der Waals surface area (Å²) in [7, 11) is 0. The maximum absolute atomic E-state index is 12.3. The largest absolute Gasteiger partial charge is 0.573 e. The fourth-order valence-corrected chi connectivity index (χ4v) is 4.52. The van der Waals surface area contributed by atoms with E-state index in [1.807, 2.05) is 10.7 Å². The van der Waals surface area contributed by atoms with Gasteiger partial charge in [-0.1, -0.05) is 12.1 Å². The number of aromatic nitrogens is 2. The molecule has 1 N–H and O–H groups in total. The summed E-state index contributed by atoms with van der Waals surface area (Å²) in [5.41, 5.74) is 3.22. The smallest absolute Gasteiger partial charge is 0.406 e. The number of nitrogens with zero attached hydrogens (tertiary/aromatic N) is 3. The molecule has 2 heterocycles. The van der Waals surface area contributed by atoms with Gasteiger partial charge < -0.3 is 10.1 Å². The van der Waals surface area contributed by atoms with Crippen LogP contribution in [0.3, 0.4) is 0 Å². The Morgan fingerprint density at radius 3 is 2.66 bits per heavy atom. The zero-order chi connectivity index (χ0) is 20.6. The second-order valence-corrected chi connectivity index (χ2v) is 8.11. The molecule has 4 rings (SSSR count). The molecular formula is C21H27F3N4O. The first-order valence-corrected chi connectivity index (χ1v) is 10.1. The molecule has 8 heteroatoms. The molecule has 158 valence electrons. The Hall–Kier alpha value is -2.06. The van der Waals surface area contributed by atoms with Crippen LogP contribution in [0.25, 0.3) is 0 Å². The lowest BCUT2D eigenvalue weighted by Gasteiger charge is -2.19. The number of halogens is 3. The SMILES string of the molecule is CCn1cc(CN2CC3C(CNCc4cccc(OC(F)(F)F)c4)C3C2)c(C)n1. The van der Waals surface area contributed by atoms with E-state index in [9.17, 15) is 13.2 Å². The Labute approximate surface area is 168 Å². The number of ether oxygens (including phenoxy) is 1. The summed E-state index contributed by atoms with van der Waals surface area (Å²) in [5.74, 6) is 1.95. The van der Waals surface area contributed by atoms with Crippen LogP contribution < -0.4 is 10.1 Å². The molecule has 0 radical (unpaired) electrons. The van der Waals surface area contributed by atoms with Gasteiger partial charge in [0.1, 0.15) is 5.75 Å². The molecule has 1 aromatic carbocycles. The van der Waals surface area contributed by atoms with E-state index in [1.54, 1.807) is 6.07 Å². The summed E-state index contributed by atoms with van der Waals surface area (Å²) < 4.78 is 43.0. The molecule has 1 saturated carbocycles. The number of piperidine rings is 1. The van der Waals surface area contributed by atoms with Crippen molar-refractivity contribution in [3.63, 3.8) is 0 Å². The fraction of sp³-hybridized carbons (Fsp3) is 0.571. The van der Waals surface area contributed by atoms with Crippen LogP contribution in [0.15, 0.2) is 30.5 Å². The minimum absolute atomic E-state index is 0.169. The van der Waals surface area contributed by atoms with E-state index >= 15 is 0 Å². The van der Waals surface area contributed by atoms with Gasteiger partial charge in [0.2, 0.25) is 0 Å². The summed E-state index contributed by atoms with van der Waals surface area (Å²) in [5, 5.41) is 7.92. The van der Waals surface area contributed by atoms with Gasteiger partial charge >= 0.3 is 6.36 Å². The fourth-order valence-electron chi connectivity index (χ4n) is 4.52. The molecular weight excluding hydrogens is 381 g/mol.